The van der Waals surface area contributed by atoms with Crippen molar-refractivity contribution in [2.45, 2.75) is 6.54 Å². The Morgan fingerprint density at radius 3 is 3.33 bits per heavy atom. The fourth-order valence-corrected chi connectivity index (χ4v) is 1.36. The van der Waals surface area contributed by atoms with E-state index in [0.717, 1.165) is 10.6 Å². The molecule has 1 aliphatic heterocycles. The molecule has 0 saturated carbocycles. The highest BCUT2D eigenvalue weighted by Gasteiger charge is 2.12. The van der Waals surface area contributed by atoms with E-state index >= 15 is 0 Å². The highest BCUT2D eigenvalue weighted by Crippen LogP contribution is 2.20. The summed E-state index contributed by atoms with van der Waals surface area (Å²) in [7, 11) is 0. The van der Waals surface area contributed by atoms with E-state index in [1.54, 1.807) is 6.20 Å². The first kappa shape index (κ1) is 10.1. The number of rotatable bonds is 3. The first-order valence-corrected chi connectivity index (χ1v) is 4.67. The van der Waals surface area contributed by atoms with Crippen molar-refractivity contribution in [2.24, 2.45) is 0 Å². The molecule has 0 amide bonds. The van der Waals surface area contributed by atoms with E-state index in [1.807, 2.05) is 0 Å². The molecule has 0 aliphatic carbocycles. The number of aliphatic hydroxyl groups is 1. The summed E-state index contributed by atoms with van der Waals surface area (Å²) in [5.41, 5.74) is 0.783. The van der Waals surface area contributed by atoms with E-state index < -0.39 is 0 Å². The second-order valence-corrected chi connectivity index (χ2v) is 3.16. The number of hydroxylamine groups is 1. The Labute approximate surface area is 86.7 Å². The van der Waals surface area contributed by atoms with Crippen molar-refractivity contribution in [1.29, 1.82) is 0 Å². The quantitative estimate of drug-likeness (QED) is 0.603. The van der Waals surface area contributed by atoms with Crippen molar-refractivity contribution < 1.29 is 5.11 Å². The van der Waals surface area contributed by atoms with Crippen LogP contribution in [0.3, 0.4) is 0 Å². The summed E-state index contributed by atoms with van der Waals surface area (Å²) >= 11 is 0. The Morgan fingerprint density at radius 2 is 2.53 bits per heavy atom. The number of anilines is 2. The minimum absolute atomic E-state index is 0.00307. The Balaban J connectivity index is 2.19. The summed E-state index contributed by atoms with van der Waals surface area (Å²) in [5, 5.41) is 26.5. The topological polar surface area (TPSA) is 96.4 Å². The van der Waals surface area contributed by atoms with Crippen LogP contribution in [0, 0.1) is 5.21 Å². The Bertz CT molecular complexity index is 346. The predicted octanol–water partition coefficient (Wildman–Crippen LogP) is -0.754. The SMILES string of the molecule is [O-]N1CNCc2cnc(NCCO)nc21. The van der Waals surface area contributed by atoms with Crippen LogP contribution < -0.4 is 15.7 Å². The monoisotopic (exact) mass is 210 g/mol. The van der Waals surface area contributed by atoms with Gasteiger partial charge in [-0.1, -0.05) is 0 Å². The fourth-order valence-electron chi connectivity index (χ4n) is 1.36. The summed E-state index contributed by atoms with van der Waals surface area (Å²) in [6, 6.07) is 0. The Hall–Kier alpha value is -1.44. The largest absolute Gasteiger partial charge is 0.756 e. The van der Waals surface area contributed by atoms with Crippen molar-refractivity contribution in [1.82, 2.24) is 15.3 Å². The normalized spacial score (nSPS) is 14.9. The van der Waals surface area contributed by atoms with Gasteiger partial charge in [-0.3, -0.25) is 5.32 Å². The third-order valence-electron chi connectivity index (χ3n) is 2.04. The molecule has 0 saturated heterocycles. The van der Waals surface area contributed by atoms with Gasteiger partial charge in [-0.25, -0.2) is 4.98 Å². The standard InChI is InChI=1S/C8H12N5O2/c14-2-1-10-8-11-4-6-3-9-5-13(15)7(6)12-8/h4,9,14H,1-3,5H2,(H,10,11,12)/q-1. The number of hydrogen-bond donors (Lipinski definition) is 3. The first-order valence-electron chi connectivity index (χ1n) is 4.67. The van der Waals surface area contributed by atoms with Gasteiger partial charge in [0.1, 0.15) is 5.82 Å². The molecule has 3 N–H and O–H groups in total. The van der Waals surface area contributed by atoms with Crippen LogP contribution in [0.4, 0.5) is 11.8 Å². The number of nitrogens with zero attached hydrogens (tertiary/aromatic N) is 3. The third-order valence-corrected chi connectivity index (χ3v) is 2.04. The molecule has 0 atom stereocenters. The summed E-state index contributed by atoms with van der Waals surface area (Å²) < 4.78 is 0. The van der Waals surface area contributed by atoms with E-state index in [1.165, 1.54) is 0 Å². The summed E-state index contributed by atoms with van der Waals surface area (Å²) in [6.07, 6.45) is 1.61. The molecule has 0 radical (unpaired) electrons. The van der Waals surface area contributed by atoms with Gasteiger partial charge in [-0.05, 0) is 0 Å². The van der Waals surface area contributed by atoms with E-state index in [0.29, 0.717) is 24.9 Å². The highest BCUT2D eigenvalue weighted by molar-refractivity contribution is 5.51. The summed E-state index contributed by atoms with van der Waals surface area (Å²) in [6.45, 7) is 1.22. The molecule has 1 aromatic rings. The molecule has 0 bridgehead atoms. The van der Waals surface area contributed by atoms with Crippen LogP contribution in [-0.4, -0.2) is 34.9 Å². The van der Waals surface area contributed by atoms with Gasteiger partial charge in [0.15, 0.2) is 0 Å². The van der Waals surface area contributed by atoms with Crippen LogP contribution in [0.5, 0.6) is 0 Å². The molecule has 2 rings (SSSR count). The maximum Gasteiger partial charge on any atom is 0.224 e. The van der Waals surface area contributed by atoms with Crippen LogP contribution in [-0.2, 0) is 6.54 Å². The summed E-state index contributed by atoms with van der Waals surface area (Å²) in [4.78, 5) is 8.10. The maximum atomic E-state index is 11.4. The molecule has 7 nitrogen and oxygen atoms in total. The average molecular weight is 210 g/mol. The van der Waals surface area contributed by atoms with E-state index in [4.69, 9.17) is 5.11 Å². The lowest BCUT2D eigenvalue weighted by atomic mass is 10.3. The van der Waals surface area contributed by atoms with Crippen molar-refractivity contribution in [3.05, 3.63) is 17.0 Å². The first-order chi connectivity index (χ1) is 7.31. The minimum Gasteiger partial charge on any atom is -0.756 e. The Morgan fingerprint density at radius 1 is 1.67 bits per heavy atom. The van der Waals surface area contributed by atoms with Gasteiger partial charge in [-0.15, -0.1) is 0 Å². The molecule has 7 heteroatoms. The highest BCUT2D eigenvalue weighted by atomic mass is 16.5. The number of nitrogens with one attached hydrogen (secondary N) is 2. The minimum atomic E-state index is 0.00307. The van der Waals surface area contributed by atoms with Crippen LogP contribution >= 0.6 is 0 Å². The molecular formula is C8H12N5O2-. The molecule has 2 heterocycles. The second-order valence-electron chi connectivity index (χ2n) is 3.16. The number of aromatic nitrogens is 2. The number of hydrogen-bond acceptors (Lipinski definition) is 7. The van der Waals surface area contributed by atoms with Crippen molar-refractivity contribution in [2.75, 3.05) is 30.2 Å². The van der Waals surface area contributed by atoms with E-state index in [9.17, 15) is 5.21 Å². The van der Waals surface area contributed by atoms with Gasteiger partial charge in [0.05, 0.1) is 13.3 Å². The zero-order valence-electron chi connectivity index (χ0n) is 8.10. The lowest BCUT2D eigenvalue weighted by molar-refractivity contribution is 0.311. The zero-order chi connectivity index (χ0) is 10.7. The fraction of sp³-hybridized carbons (Fsp3) is 0.500. The van der Waals surface area contributed by atoms with E-state index in [-0.39, 0.29) is 13.3 Å². The van der Waals surface area contributed by atoms with Crippen LogP contribution in [0.2, 0.25) is 0 Å². The van der Waals surface area contributed by atoms with Crippen LogP contribution in [0.1, 0.15) is 5.56 Å². The van der Waals surface area contributed by atoms with Gasteiger partial charge in [0, 0.05) is 24.8 Å². The molecule has 1 aromatic heterocycles. The molecule has 82 valence electrons. The van der Waals surface area contributed by atoms with Crippen molar-refractivity contribution in [3.63, 3.8) is 0 Å². The number of fused-ring (bicyclic) bond motifs is 1. The molecule has 0 spiro atoms. The molecule has 1 aliphatic rings. The molecule has 0 aromatic carbocycles. The van der Waals surface area contributed by atoms with Crippen LogP contribution in [0.25, 0.3) is 0 Å². The lowest BCUT2D eigenvalue weighted by Crippen LogP contribution is -2.36. The second kappa shape index (κ2) is 4.39. The van der Waals surface area contributed by atoms with Crippen molar-refractivity contribution in [3.8, 4) is 0 Å². The van der Waals surface area contributed by atoms with Gasteiger partial charge >= 0.3 is 0 Å². The van der Waals surface area contributed by atoms with Gasteiger partial charge in [0.2, 0.25) is 5.95 Å². The Kier molecular flexibility index (Phi) is 2.95. The molecule has 0 fully saturated rings. The number of aliphatic hydroxyl groups excluding tert-OH is 1. The van der Waals surface area contributed by atoms with Gasteiger partial charge in [-0.2, -0.15) is 4.98 Å². The smallest absolute Gasteiger partial charge is 0.224 e. The summed E-state index contributed by atoms with van der Waals surface area (Å²) in [5.74, 6) is 0.759. The van der Waals surface area contributed by atoms with Crippen LogP contribution in [0.15, 0.2) is 6.20 Å². The molecule has 15 heavy (non-hydrogen) atoms. The van der Waals surface area contributed by atoms with Gasteiger partial charge in [0.25, 0.3) is 0 Å². The molecule has 0 unspecified atom stereocenters. The van der Waals surface area contributed by atoms with E-state index in [2.05, 4.69) is 20.6 Å². The third kappa shape index (κ3) is 2.14. The van der Waals surface area contributed by atoms with Gasteiger partial charge < -0.3 is 20.7 Å². The maximum absolute atomic E-state index is 11.4. The molecular weight excluding hydrogens is 198 g/mol. The lowest BCUT2D eigenvalue weighted by Gasteiger charge is -2.35. The average Bonchev–Trinajstić information content (AvgIpc) is 2.27. The van der Waals surface area contributed by atoms with Crippen molar-refractivity contribution >= 4 is 11.8 Å². The zero-order valence-corrected chi connectivity index (χ0v) is 8.10. The predicted molar refractivity (Wildman–Crippen MR) is 55.2 cm³/mol.